The van der Waals surface area contributed by atoms with Gasteiger partial charge in [0, 0.05) is 31.5 Å². The molecule has 1 atom stereocenters. The number of amides is 1. The number of likely N-dealkylation sites (tertiary alicyclic amines) is 1. The van der Waals surface area contributed by atoms with Crippen molar-refractivity contribution in [2.24, 2.45) is 0 Å². The number of nitrogens with zero attached hydrogens (tertiary/aromatic N) is 2. The van der Waals surface area contributed by atoms with Gasteiger partial charge in [-0.3, -0.25) is 4.79 Å². The molecule has 18 heavy (non-hydrogen) atoms. The Labute approximate surface area is 108 Å². The molecule has 1 unspecified atom stereocenters. The average molecular weight is 250 g/mol. The predicted molar refractivity (Wildman–Crippen MR) is 70.1 cm³/mol. The van der Waals surface area contributed by atoms with E-state index in [-0.39, 0.29) is 11.9 Å². The maximum absolute atomic E-state index is 12.2. The Morgan fingerprint density at radius 1 is 1.50 bits per heavy atom. The summed E-state index contributed by atoms with van der Waals surface area (Å²) >= 11 is 0. The van der Waals surface area contributed by atoms with E-state index in [4.69, 9.17) is 0 Å². The van der Waals surface area contributed by atoms with E-state index >= 15 is 0 Å². The number of hydrogen-bond acceptors (Lipinski definition) is 3. The Hall–Kier alpha value is -1.36. The number of piperidine rings is 1. The Morgan fingerprint density at radius 2 is 2.22 bits per heavy atom. The van der Waals surface area contributed by atoms with Gasteiger partial charge in [0.25, 0.3) is 0 Å². The number of imidazole rings is 1. The minimum Gasteiger partial charge on any atom is -0.345 e. The summed E-state index contributed by atoms with van der Waals surface area (Å²) in [4.78, 5) is 21.4. The minimum atomic E-state index is -0.133. The van der Waals surface area contributed by atoms with Gasteiger partial charge < -0.3 is 15.2 Å². The van der Waals surface area contributed by atoms with Gasteiger partial charge in [-0.2, -0.15) is 0 Å². The van der Waals surface area contributed by atoms with E-state index in [9.17, 15) is 4.79 Å². The fourth-order valence-electron chi connectivity index (χ4n) is 2.30. The quantitative estimate of drug-likeness (QED) is 0.844. The number of H-pyrrole nitrogens is 1. The van der Waals surface area contributed by atoms with Gasteiger partial charge in [-0.05, 0) is 33.1 Å². The molecule has 0 aliphatic carbocycles. The largest absolute Gasteiger partial charge is 0.345 e. The molecule has 0 spiro atoms. The van der Waals surface area contributed by atoms with Crippen molar-refractivity contribution in [3.8, 4) is 0 Å². The van der Waals surface area contributed by atoms with E-state index in [1.165, 1.54) is 6.42 Å². The summed E-state index contributed by atoms with van der Waals surface area (Å²) in [6, 6.07) is -0.133. The summed E-state index contributed by atoms with van der Waals surface area (Å²) in [6.45, 7) is 6.33. The van der Waals surface area contributed by atoms with Gasteiger partial charge in [-0.1, -0.05) is 0 Å². The average Bonchev–Trinajstić information content (AvgIpc) is 2.82. The van der Waals surface area contributed by atoms with Crippen molar-refractivity contribution in [2.45, 2.75) is 45.7 Å². The number of aromatic amines is 1. The third-order valence-corrected chi connectivity index (χ3v) is 3.39. The second-order valence-electron chi connectivity index (χ2n) is 4.98. The van der Waals surface area contributed by atoms with Crippen LogP contribution in [0.5, 0.6) is 0 Å². The summed E-state index contributed by atoms with van der Waals surface area (Å²) in [5.41, 5.74) is 1.02. The van der Waals surface area contributed by atoms with E-state index in [1.54, 1.807) is 6.20 Å². The van der Waals surface area contributed by atoms with Crippen LogP contribution >= 0.6 is 0 Å². The maximum Gasteiger partial charge on any atom is 0.239 e. The van der Waals surface area contributed by atoms with Crippen molar-refractivity contribution >= 4 is 5.91 Å². The van der Waals surface area contributed by atoms with Crippen molar-refractivity contribution in [2.75, 3.05) is 13.1 Å². The first-order chi connectivity index (χ1) is 8.66. The number of carbonyl (C=O) groups is 1. The molecule has 1 aliphatic heterocycles. The zero-order chi connectivity index (χ0) is 13.0. The van der Waals surface area contributed by atoms with Gasteiger partial charge in [0.15, 0.2) is 0 Å². The number of carbonyl (C=O) groups excluding carboxylic acids is 1. The molecule has 2 heterocycles. The molecule has 1 aliphatic rings. The Bertz CT molecular complexity index is 395. The lowest BCUT2D eigenvalue weighted by molar-refractivity contribution is -0.133. The van der Waals surface area contributed by atoms with Gasteiger partial charge in [0.2, 0.25) is 5.91 Å². The zero-order valence-electron chi connectivity index (χ0n) is 11.2. The summed E-state index contributed by atoms with van der Waals surface area (Å²) < 4.78 is 0. The second kappa shape index (κ2) is 6.00. The number of hydrogen-bond donors (Lipinski definition) is 2. The molecule has 0 bridgehead atoms. The van der Waals surface area contributed by atoms with E-state index in [0.29, 0.717) is 6.54 Å². The molecular formula is C13H22N4O. The second-order valence-corrected chi connectivity index (χ2v) is 4.98. The van der Waals surface area contributed by atoms with Gasteiger partial charge in [-0.15, -0.1) is 0 Å². The van der Waals surface area contributed by atoms with Crippen LogP contribution in [-0.4, -0.2) is 39.9 Å². The Balaban J connectivity index is 1.79. The van der Waals surface area contributed by atoms with Crippen LogP contribution in [0.1, 0.15) is 37.7 Å². The van der Waals surface area contributed by atoms with E-state index < -0.39 is 0 Å². The van der Waals surface area contributed by atoms with Crippen LogP contribution in [0.2, 0.25) is 0 Å². The zero-order valence-corrected chi connectivity index (χ0v) is 11.2. The molecule has 2 N–H and O–H groups in total. The molecule has 1 fully saturated rings. The highest BCUT2D eigenvalue weighted by Gasteiger charge is 2.21. The highest BCUT2D eigenvalue weighted by molar-refractivity contribution is 5.81. The first-order valence-corrected chi connectivity index (χ1v) is 6.69. The highest BCUT2D eigenvalue weighted by atomic mass is 16.2. The first-order valence-electron chi connectivity index (χ1n) is 6.69. The van der Waals surface area contributed by atoms with Crippen LogP contribution in [0.3, 0.4) is 0 Å². The summed E-state index contributed by atoms with van der Waals surface area (Å²) in [5.74, 6) is 1.12. The lowest BCUT2D eigenvalue weighted by Crippen LogP contribution is -2.46. The summed E-state index contributed by atoms with van der Waals surface area (Å²) in [5, 5.41) is 3.25. The fourth-order valence-corrected chi connectivity index (χ4v) is 2.30. The van der Waals surface area contributed by atoms with Crippen molar-refractivity contribution in [3.05, 3.63) is 17.7 Å². The van der Waals surface area contributed by atoms with Crippen LogP contribution in [0, 0.1) is 6.92 Å². The standard InChI is InChI=1S/C13H22N4O/c1-10(13(18)17-6-4-3-5-7-17)14-8-12-9-15-11(2)16-12/h9-10,14H,3-8H2,1-2H3,(H,15,16). The molecule has 2 rings (SSSR count). The monoisotopic (exact) mass is 250 g/mol. The fraction of sp³-hybridized carbons (Fsp3) is 0.692. The van der Waals surface area contributed by atoms with Crippen LogP contribution in [0.15, 0.2) is 6.20 Å². The topological polar surface area (TPSA) is 61.0 Å². The summed E-state index contributed by atoms with van der Waals surface area (Å²) in [7, 11) is 0. The molecule has 100 valence electrons. The Kier molecular flexibility index (Phi) is 4.36. The minimum absolute atomic E-state index is 0.133. The van der Waals surface area contributed by atoms with Crippen molar-refractivity contribution in [1.29, 1.82) is 0 Å². The van der Waals surface area contributed by atoms with Gasteiger partial charge >= 0.3 is 0 Å². The van der Waals surface area contributed by atoms with Crippen LogP contribution in [-0.2, 0) is 11.3 Å². The summed E-state index contributed by atoms with van der Waals surface area (Å²) in [6.07, 6.45) is 5.33. The molecule has 5 nitrogen and oxygen atoms in total. The van der Waals surface area contributed by atoms with Crippen LogP contribution in [0.25, 0.3) is 0 Å². The van der Waals surface area contributed by atoms with Crippen molar-refractivity contribution in [3.63, 3.8) is 0 Å². The van der Waals surface area contributed by atoms with Crippen molar-refractivity contribution < 1.29 is 4.79 Å². The smallest absolute Gasteiger partial charge is 0.239 e. The number of aryl methyl sites for hydroxylation is 1. The number of aromatic nitrogens is 2. The van der Waals surface area contributed by atoms with Crippen LogP contribution in [0.4, 0.5) is 0 Å². The van der Waals surface area contributed by atoms with Crippen molar-refractivity contribution in [1.82, 2.24) is 20.2 Å². The lowest BCUT2D eigenvalue weighted by atomic mass is 10.1. The molecule has 5 heteroatoms. The molecule has 1 amide bonds. The number of rotatable bonds is 4. The van der Waals surface area contributed by atoms with Gasteiger partial charge in [-0.25, -0.2) is 4.98 Å². The van der Waals surface area contributed by atoms with E-state index in [0.717, 1.165) is 37.4 Å². The molecule has 0 aromatic carbocycles. The molecular weight excluding hydrogens is 228 g/mol. The molecule has 1 saturated heterocycles. The lowest BCUT2D eigenvalue weighted by Gasteiger charge is -2.29. The molecule has 0 radical (unpaired) electrons. The van der Waals surface area contributed by atoms with Crippen LogP contribution < -0.4 is 5.32 Å². The van der Waals surface area contributed by atoms with E-state index in [2.05, 4.69) is 15.3 Å². The van der Waals surface area contributed by atoms with E-state index in [1.807, 2.05) is 18.7 Å². The molecule has 1 aromatic rings. The normalized spacial score (nSPS) is 17.8. The SMILES string of the molecule is Cc1ncc(CNC(C)C(=O)N2CCCCC2)[nH]1. The highest BCUT2D eigenvalue weighted by Crippen LogP contribution is 2.10. The van der Waals surface area contributed by atoms with Gasteiger partial charge in [0.05, 0.1) is 6.04 Å². The molecule has 0 saturated carbocycles. The molecule has 1 aromatic heterocycles. The maximum atomic E-state index is 12.2. The first kappa shape index (κ1) is 13.1. The number of nitrogens with one attached hydrogen (secondary N) is 2. The van der Waals surface area contributed by atoms with Gasteiger partial charge in [0.1, 0.15) is 5.82 Å². The Morgan fingerprint density at radius 3 is 2.83 bits per heavy atom. The third kappa shape index (κ3) is 3.32. The predicted octanol–water partition coefficient (Wildman–Crippen LogP) is 1.21. The third-order valence-electron chi connectivity index (χ3n) is 3.39.